The molecule has 0 saturated carbocycles. The van der Waals surface area contributed by atoms with Gasteiger partial charge in [0, 0.05) is 5.69 Å². The number of hydrogen-bond donors (Lipinski definition) is 1. The second-order valence-electron chi connectivity index (χ2n) is 4.99. The van der Waals surface area contributed by atoms with Gasteiger partial charge in [-0.25, -0.2) is 4.39 Å². The van der Waals surface area contributed by atoms with Crippen molar-refractivity contribution in [2.24, 2.45) is 0 Å². The van der Waals surface area contributed by atoms with Crippen LogP contribution in [-0.2, 0) is 6.61 Å². The Morgan fingerprint density at radius 1 is 1.12 bits per heavy atom. The predicted molar refractivity (Wildman–Crippen MR) is 88.2 cm³/mol. The molecule has 0 aliphatic carbocycles. The highest BCUT2D eigenvalue weighted by atomic mass is 19.1. The maximum atomic E-state index is 12.9. The van der Waals surface area contributed by atoms with Crippen molar-refractivity contribution in [1.29, 1.82) is 5.26 Å². The molecule has 1 N–H and O–H groups in total. The Morgan fingerprint density at radius 3 is 2.44 bits per heavy atom. The van der Waals surface area contributed by atoms with Crippen molar-refractivity contribution in [1.82, 2.24) is 4.98 Å². The zero-order valence-corrected chi connectivity index (χ0v) is 13.3. The number of methoxy groups -OCH3 is 1. The first-order valence-electron chi connectivity index (χ1n) is 7.37. The summed E-state index contributed by atoms with van der Waals surface area (Å²) in [6, 6.07) is 14.7. The number of nitrogens with zero attached hydrogens (tertiary/aromatic N) is 2. The summed E-state index contributed by atoms with van der Waals surface area (Å²) in [6.45, 7) is 0.0185. The number of aromatic nitrogens is 1. The fraction of sp³-hybridized carbons (Fsp3) is 0.111. The molecule has 7 heteroatoms. The van der Waals surface area contributed by atoms with Gasteiger partial charge in [0.25, 0.3) is 0 Å². The van der Waals surface area contributed by atoms with E-state index in [9.17, 15) is 9.65 Å². The highest BCUT2D eigenvalue weighted by molar-refractivity contribution is 5.60. The van der Waals surface area contributed by atoms with Gasteiger partial charge in [-0.2, -0.15) is 10.2 Å². The van der Waals surface area contributed by atoms with Crippen molar-refractivity contribution in [2.75, 3.05) is 12.4 Å². The number of rotatable bonds is 6. The van der Waals surface area contributed by atoms with Crippen LogP contribution in [0.15, 0.2) is 52.9 Å². The van der Waals surface area contributed by atoms with Gasteiger partial charge in [0.05, 0.1) is 7.11 Å². The second-order valence-corrected chi connectivity index (χ2v) is 4.99. The number of nitrogens with one attached hydrogen (secondary N) is 1. The number of halogens is 1. The largest absolute Gasteiger partial charge is 0.497 e. The van der Waals surface area contributed by atoms with Gasteiger partial charge >= 0.3 is 0 Å². The highest BCUT2D eigenvalue weighted by Gasteiger charge is 2.14. The number of benzene rings is 2. The van der Waals surface area contributed by atoms with Crippen molar-refractivity contribution in [3.63, 3.8) is 0 Å². The van der Waals surface area contributed by atoms with Crippen LogP contribution in [0.4, 0.5) is 16.0 Å². The van der Waals surface area contributed by atoms with E-state index < -0.39 is 0 Å². The summed E-state index contributed by atoms with van der Waals surface area (Å²) < 4.78 is 29.0. The minimum absolute atomic E-state index is 0.0185. The van der Waals surface area contributed by atoms with Gasteiger partial charge in [-0.1, -0.05) is 0 Å². The maximum Gasteiger partial charge on any atom is 0.236 e. The van der Waals surface area contributed by atoms with Crippen LogP contribution in [0.2, 0.25) is 0 Å². The average Bonchev–Trinajstić information content (AvgIpc) is 3.04. The Balaban J connectivity index is 1.70. The lowest BCUT2D eigenvalue weighted by molar-refractivity contribution is 0.264. The quantitative estimate of drug-likeness (QED) is 0.731. The number of oxazole rings is 1. The number of hydrogen-bond acceptors (Lipinski definition) is 6. The summed E-state index contributed by atoms with van der Waals surface area (Å²) in [5, 5.41) is 12.2. The third kappa shape index (κ3) is 4.06. The van der Waals surface area contributed by atoms with Crippen molar-refractivity contribution in [3.8, 4) is 17.6 Å². The molecule has 0 unspecified atom stereocenters. The molecule has 0 fully saturated rings. The van der Waals surface area contributed by atoms with Gasteiger partial charge in [0.1, 0.15) is 23.4 Å². The first kappa shape index (κ1) is 16.3. The average molecular weight is 339 g/mol. The van der Waals surface area contributed by atoms with E-state index in [0.717, 1.165) is 11.4 Å². The third-order valence-electron chi connectivity index (χ3n) is 3.30. The van der Waals surface area contributed by atoms with E-state index in [1.54, 1.807) is 31.4 Å². The van der Waals surface area contributed by atoms with Crippen molar-refractivity contribution >= 4 is 11.6 Å². The molecule has 0 bridgehead atoms. The summed E-state index contributed by atoms with van der Waals surface area (Å²) in [5.74, 6) is 1.31. The van der Waals surface area contributed by atoms with Crippen LogP contribution < -0.4 is 14.8 Å². The molecule has 0 radical (unpaired) electrons. The first-order valence-corrected chi connectivity index (χ1v) is 7.37. The number of anilines is 2. The standard InChI is InChI=1S/C18H14FN3O3/c1-23-14-8-4-13(5-9-14)21-18-16(10-20)22-17(25-18)11-24-15-6-2-12(19)3-7-15/h2-9,21H,11H2,1H3. The summed E-state index contributed by atoms with van der Waals surface area (Å²) >= 11 is 0. The molecule has 0 spiro atoms. The van der Waals surface area contributed by atoms with Gasteiger partial charge in [-0.3, -0.25) is 0 Å². The fourth-order valence-corrected chi connectivity index (χ4v) is 2.07. The zero-order chi connectivity index (χ0) is 17.6. The molecule has 3 rings (SSSR count). The van der Waals surface area contributed by atoms with Gasteiger partial charge in [0.15, 0.2) is 6.61 Å². The molecular weight excluding hydrogens is 325 g/mol. The molecule has 6 nitrogen and oxygen atoms in total. The van der Waals surface area contributed by atoms with Crippen molar-refractivity contribution in [3.05, 3.63) is 65.9 Å². The normalized spacial score (nSPS) is 10.1. The summed E-state index contributed by atoms with van der Waals surface area (Å²) in [7, 11) is 1.58. The number of nitriles is 1. The van der Waals surface area contributed by atoms with Gasteiger partial charge in [-0.15, -0.1) is 0 Å². The van der Waals surface area contributed by atoms with Gasteiger partial charge < -0.3 is 19.2 Å². The molecular formula is C18H14FN3O3. The Kier molecular flexibility index (Phi) is 4.81. The van der Waals surface area contributed by atoms with Gasteiger partial charge in [-0.05, 0) is 48.5 Å². The van der Waals surface area contributed by atoms with Crippen LogP contribution in [-0.4, -0.2) is 12.1 Å². The highest BCUT2D eigenvalue weighted by Crippen LogP contribution is 2.24. The summed E-state index contributed by atoms with van der Waals surface area (Å²) in [6.07, 6.45) is 0. The lowest BCUT2D eigenvalue weighted by atomic mass is 10.3. The lowest BCUT2D eigenvalue weighted by Gasteiger charge is -2.04. The first-order chi connectivity index (χ1) is 12.2. The predicted octanol–water partition coefficient (Wildman–Crippen LogP) is 4.02. The van der Waals surface area contributed by atoms with E-state index in [0.29, 0.717) is 5.75 Å². The lowest BCUT2D eigenvalue weighted by Crippen LogP contribution is -1.95. The fourth-order valence-electron chi connectivity index (χ4n) is 2.07. The summed E-state index contributed by atoms with van der Waals surface area (Å²) in [5.41, 5.74) is 0.841. The topological polar surface area (TPSA) is 80.3 Å². The van der Waals surface area contributed by atoms with Gasteiger partial charge in [0.2, 0.25) is 17.5 Å². The zero-order valence-electron chi connectivity index (χ0n) is 13.3. The Morgan fingerprint density at radius 2 is 1.80 bits per heavy atom. The Labute approximate surface area is 143 Å². The SMILES string of the molecule is COc1ccc(Nc2oc(COc3ccc(F)cc3)nc2C#N)cc1. The van der Waals surface area contributed by atoms with Crippen LogP contribution in [0.3, 0.4) is 0 Å². The second kappa shape index (κ2) is 7.36. The molecule has 1 heterocycles. The van der Waals surface area contributed by atoms with Crippen LogP contribution in [0, 0.1) is 17.1 Å². The molecule has 2 aromatic carbocycles. The third-order valence-corrected chi connectivity index (χ3v) is 3.30. The molecule has 3 aromatic rings. The van der Waals surface area contributed by atoms with Crippen LogP contribution in [0.5, 0.6) is 11.5 Å². The van der Waals surface area contributed by atoms with E-state index in [1.165, 1.54) is 24.3 Å². The van der Waals surface area contributed by atoms with Crippen LogP contribution >= 0.6 is 0 Å². The minimum Gasteiger partial charge on any atom is -0.497 e. The maximum absolute atomic E-state index is 12.9. The molecule has 0 amide bonds. The van der Waals surface area contributed by atoms with Crippen molar-refractivity contribution < 1.29 is 18.3 Å². The van der Waals surface area contributed by atoms with E-state index in [1.807, 2.05) is 6.07 Å². The monoisotopic (exact) mass is 339 g/mol. The smallest absolute Gasteiger partial charge is 0.236 e. The molecule has 126 valence electrons. The van der Waals surface area contributed by atoms with E-state index >= 15 is 0 Å². The summed E-state index contributed by atoms with van der Waals surface area (Å²) in [4.78, 5) is 4.08. The van der Waals surface area contributed by atoms with E-state index in [4.69, 9.17) is 13.9 Å². The molecule has 0 aliphatic rings. The van der Waals surface area contributed by atoms with Crippen LogP contribution in [0.1, 0.15) is 11.6 Å². The minimum atomic E-state index is -0.346. The Bertz CT molecular complexity index is 883. The van der Waals surface area contributed by atoms with Crippen LogP contribution in [0.25, 0.3) is 0 Å². The molecule has 0 aliphatic heterocycles. The van der Waals surface area contributed by atoms with E-state index in [-0.39, 0.29) is 29.9 Å². The number of ether oxygens (including phenoxy) is 2. The molecule has 0 saturated heterocycles. The molecule has 0 atom stereocenters. The van der Waals surface area contributed by atoms with Crippen molar-refractivity contribution in [2.45, 2.75) is 6.61 Å². The van der Waals surface area contributed by atoms with E-state index in [2.05, 4.69) is 10.3 Å². The molecule has 1 aromatic heterocycles. The molecule has 25 heavy (non-hydrogen) atoms. The Hall–Kier alpha value is -3.53.